The van der Waals surface area contributed by atoms with Crippen LogP contribution in [0, 0.1) is 56.7 Å². The Bertz CT molecular complexity index is 1130. The van der Waals surface area contributed by atoms with Gasteiger partial charge in [-0.15, -0.1) is 0 Å². The molecule has 2 heteroatoms. The minimum Gasteiger partial charge on any atom is -0.462 e. The monoisotopic (exact) mass is 693 g/mol. The van der Waals surface area contributed by atoms with Gasteiger partial charge in [-0.1, -0.05) is 164 Å². The molecule has 0 aromatic carbocycles. The molecule has 0 spiro atoms. The third-order valence-corrected chi connectivity index (χ3v) is 17.6. The van der Waals surface area contributed by atoms with Crippen LogP contribution in [0.3, 0.4) is 0 Å². The number of carbonyl (C=O) groups excluding carboxylic acids is 1. The molecular weight excluding hydrogens is 609 g/mol. The van der Waals surface area contributed by atoms with Crippen molar-refractivity contribution in [2.75, 3.05) is 0 Å². The van der Waals surface area contributed by atoms with Gasteiger partial charge in [0.05, 0.1) is 0 Å². The smallest absolute Gasteiger partial charge is 0.306 e. The second-order valence-corrected chi connectivity index (χ2v) is 20.8. The highest BCUT2D eigenvalue weighted by molar-refractivity contribution is 5.69. The van der Waals surface area contributed by atoms with Crippen molar-refractivity contribution >= 4 is 5.97 Å². The standard InChI is InChI=1S/C48H84O2/c1-10-11-12-13-14-15-16-17-18-19-20-21-22-23-24-25-42(49)50-41-30-32-46(7)39(44(41,4)5)29-33-48(9)40(46)27-26-38-43-37(3)36(2)28-31-45(43,6)34-35-47(38,48)8/h26,36-37,39-41,43H,10-25,27-35H2,1-9H3/t36-,37-,39-,40-,41-,43-,45-,46-,47-,48-/m1/s1. The molecule has 50 heavy (non-hydrogen) atoms. The van der Waals surface area contributed by atoms with E-state index in [0.29, 0.717) is 34.0 Å². The Morgan fingerprint density at radius 1 is 0.680 bits per heavy atom. The molecule has 0 amide bonds. The lowest BCUT2D eigenvalue weighted by atomic mass is 9.33. The van der Waals surface area contributed by atoms with Crippen LogP contribution in [0.2, 0.25) is 0 Å². The van der Waals surface area contributed by atoms with Crippen LogP contribution in [-0.2, 0) is 9.53 Å². The normalized spacial score (nSPS) is 40.5. The first kappa shape index (κ1) is 40.4. The van der Waals surface area contributed by atoms with Crippen LogP contribution in [0.1, 0.15) is 223 Å². The molecule has 288 valence electrons. The Morgan fingerprint density at radius 3 is 1.86 bits per heavy atom. The molecule has 0 unspecified atom stereocenters. The van der Waals surface area contributed by atoms with Gasteiger partial charge in [-0.25, -0.2) is 0 Å². The average Bonchev–Trinajstić information content (AvgIpc) is 3.07. The van der Waals surface area contributed by atoms with Crippen LogP contribution in [0.25, 0.3) is 0 Å². The molecule has 5 rings (SSSR count). The maximum absolute atomic E-state index is 13.2. The Hall–Kier alpha value is -0.790. The van der Waals surface area contributed by atoms with E-state index in [4.69, 9.17) is 4.74 Å². The quantitative estimate of drug-likeness (QED) is 0.0861. The number of carbonyl (C=O) groups is 1. The summed E-state index contributed by atoms with van der Waals surface area (Å²) in [7, 11) is 0. The minimum absolute atomic E-state index is 0.0302. The van der Waals surface area contributed by atoms with E-state index in [1.807, 2.05) is 5.57 Å². The van der Waals surface area contributed by atoms with E-state index in [0.717, 1.165) is 36.5 Å². The van der Waals surface area contributed by atoms with Crippen molar-refractivity contribution in [3.8, 4) is 0 Å². The van der Waals surface area contributed by atoms with E-state index in [1.165, 1.54) is 141 Å². The average molecular weight is 693 g/mol. The molecule has 0 aliphatic heterocycles. The first-order chi connectivity index (χ1) is 23.7. The molecular formula is C48H84O2. The number of fused-ring (bicyclic) bond motifs is 7. The lowest BCUT2D eigenvalue weighted by Gasteiger charge is -2.71. The fourth-order valence-corrected chi connectivity index (χ4v) is 13.9. The van der Waals surface area contributed by atoms with Crippen LogP contribution in [-0.4, -0.2) is 12.1 Å². The number of rotatable bonds is 17. The molecule has 0 saturated heterocycles. The van der Waals surface area contributed by atoms with E-state index in [9.17, 15) is 4.79 Å². The van der Waals surface area contributed by atoms with Gasteiger partial charge in [0.1, 0.15) is 6.10 Å². The largest absolute Gasteiger partial charge is 0.462 e. The number of unbranched alkanes of at least 4 members (excludes halogenated alkanes) is 14. The fraction of sp³-hybridized carbons (Fsp3) is 0.938. The van der Waals surface area contributed by atoms with E-state index in [-0.39, 0.29) is 17.5 Å². The van der Waals surface area contributed by atoms with E-state index in [1.54, 1.807) is 0 Å². The van der Waals surface area contributed by atoms with Crippen molar-refractivity contribution in [1.29, 1.82) is 0 Å². The van der Waals surface area contributed by atoms with Gasteiger partial charge in [0.15, 0.2) is 0 Å². The first-order valence-corrected chi connectivity index (χ1v) is 22.6. The van der Waals surface area contributed by atoms with Gasteiger partial charge >= 0.3 is 5.97 Å². The molecule has 0 bridgehead atoms. The number of ether oxygens (including phenoxy) is 1. The molecule has 0 aromatic rings. The lowest BCUT2D eigenvalue weighted by molar-refractivity contribution is -0.213. The molecule has 4 saturated carbocycles. The van der Waals surface area contributed by atoms with Gasteiger partial charge in [0.25, 0.3) is 0 Å². The Labute approximate surface area is 311 Å². The molecule has 5 aliphatic carbocycles. The second-order valence-electron chi connectivity index (χ2n) is 20.8. The van der Waals surface area contributed by atoms with Gasteiger partial charge in [0, 0.05) is 11.8 Å². The molecule has 0 N–H and O–H groups in total. The van der Waals surface area contributed by atoms with Gasteiger partial charge in [-0.05, 0) is 115 Å². The van der Waals surface area contributed by atoms with Crippen molar-refractivity contribution in [1.82, 2.24) is 0 Å². The van der Waals surface area contributed by atoms with Crippen LogP contribution in [0.15, 0.2) is 11.6 Å². The van der Waals surface area contributed by atoms with Gasteiger partial charge in [0.2, 0.25) is 0 Å². The summed E-state index contributed by atoms with van der Waals surface area (Å²) in [5, 5.41) is 0. The summed E-state index contributed by atoms with van der Waals surface area (Å²) in [5.74, 6) is 3.81. The second kappa shape index (κ2) is 16.7. The number of esters is 1. The fourth-order valence-electron chi connectivity index (χ4n) is 13.9. The number of allylic oxidation sites excluding steroid dienone is 2. The van der Waals surface area contributed by atoms with E-state index < -0.39 is 0 Å². The summed E-state index contributed by atoms with van der Waals surface area (Å²) in [6, 6.07) is 0. The maximum Gasteiger partial charge on any atom is 0.306 e. The molecule has 0 radical (unpaired) electrons. The van der Waals surface area contributed by atoms with Crippen LogP contribution < -0.4 is 0 Å². The van der Waals surface area contributed by atoms with Crippen LogP contribution >= 0.6 is 0 Å². The molecule has 4 fully saturated rings. The topological polar surface area (TPSA) is 26.3 Å². The van der Waals surface area contributed by atoms with Gasteiger partial charge in [-0.2, -0.15) is 0 Å². The third-order valence-electron chi connectivity index (χ3n) is 17.6. The van der Waals surface area contributed by atoms with Crippen molar-refractivity contribution in [3.05, 3.63) is 11.6 Å². The summed E-state index contributed by atoms with van der Waals surface area (Å²) in [4.78, 5) is 13.2. The summed E-state index contributed by atoms with van der Waals surface area (Å²) < 4.78 is 6.43. The molecule has 5 aliphatic rings. The zero-order valence-corrected chi connectivity index (χ0v) is 35.0. The van der Waals surface area contributed by atoms with E-state index in [2.05, 4.69) is 68.4 Å². The number of hydrogen-bond donors (Lipinski definition) is 0. The predicted octanol–water partition coefficient (Wildman–Crippen LogP) is 14.8. The molecule has 0 heterocycles. The van der Waals surface area contributed by atoms with Crippen LogP contribution in [0.4, 0.5) is 0 Å². The summed E-state index contributed by atoms with van der Waals surface area (Å²) in [5.41, 5.74) is 3.40. The van der Waals surface area contributed by atoms with Crippen LogP contribution in [0.5, 0.6) is 0 Å². The Kier molecular flexibility index (Phi) is 13.5. The molecule has 2 nitrogen and oxygen atoms in total. The molecule has 0 aromatic heterocycles. The highest BCUT2D eigenvalue weighted by atomic mass is 16.5. The lowest BCUT2D eigenvalue weighted by Crippen LogP contribution is -2.65. The summed E-state index contributed by atoms with van der Waals surface area (Å²) in [6.07, 6.45) is 35.6. The van der Waals surface area contributed by atoms with Crippen molar-refractivity contribution in [3.63, 3.8) is 0 Å². The summed E-state index contributed by atoms with van der Waals surface area (Å²) >= 11 is 0. The maximum atomic E-state index is 13.2. The zero-order chi connectivity index (χ0) is 36.2. The first-order valence-electron chi connectivity index (χ1n) is 22.6. The number of hydrogen-bond acceptors (Lipinski definition) is 2. The predicted molar refractivity (Wildman–Crippen MR) is 214 cm³/mol. The zero-order valence-electron chi connectivity index (χ0n) is 35.0. The highest BCUT2D eigenvalue weighted by Crippen LogP contribution is 2.75. The molecule has 10 atom stereocenters. The Morgan fingerprint density at radius 2 is 1.26 bits per heavy atom. The van der Waals surface area contributed by atoms with Crippen molar-refractivity contribution in [2.24, 2.45) is 56.7 Å². The highest BCUT2D eigenvalue weighted by Gasteiger charge is 2.68. The SMILES string of the molecule is CCCCCCCCCCCCCCCCCC(=O)O[C@@H]1CC[C@]2(C)[C@H](CC[C@]3(C)[C@@H]2CC=C2[C@H]4[C@H](C)[C@H](C)CC[C@]4(C)CC[C@]23C)C1(C)C. The van der Waals surface area contributed by atoms with Crippen molar-refractivity contribution in [2.45, 2.75) is 229 Å². The summed E-state index contributed by atoms with van der Waals surface area (Å²) in [6.45, 7) is 23.1. The van der Waals surface area contributed by atoms with E-state index >= 15 is 0 Å². The Balaban J connectivity index is 1.07. The van der Waals surface area contributed by atoms with Crippen molar-refractivity contribution < 1.29 is 9.53 Å². The third kappa shape index (κ3) is 7.87. The van der Waals surface area contributed by atoms with Gasteiger partial charge in [-0.3, -0.25) is 4.79 Å². The van der Waals surface area contributed by atoms with Gasteiger partial charge < -0.3 is 4.74 Å². The minimum atomic E-state index is 0.0302.